The summed E-state index contributed by atoms with van der Waals surface area (Å²) in [5, 5.41) is 2.88. The molecule has 1 aliphatic rings. The van der Waals surface area contributed by atoms with Gasteiger partial charge in [0.25, 0.3) is 0 Å². The van der Waals surface area contributed by atoms with Crippen LogP contribution in [0.3, 0.4) is 0 Å². The molecular formula is C15H18N4O2. The summed E-state index contributed by atoms with van der Waals surface area (Å²) >= 11 is 0. The summed E-state index contributed by atoms with van der Waals surface area (Å²) in [6, 6.07) is 7.72. The number of nitrogens with zero attached hydrogens (tertiary/aromatic N) is 2. The average molecular weight is 286 g/mol. The Kier molecular flexibility index (Phi) is 3.72. The number of hydrogen-bond acceptors (Lipinski definition) is 4. The monoisotopic (exact) mass is 286 g/mol. The van der Waals surface area contributed by atoms with Gasteiger partial charge in [-0.05, 0) is 24.1 Å². The van der Waals surface area contributed by atoms with Gasteiger partial charge in [-0.3, -0.25) is 4.79 Å². The van der Waals surface area contributed by atoms with E-state index >= 15 is 0 Å². The molecule has 6 heteroatoms. The molecule has 1 unspecified atom stereocenters. The molecule has 1 aromatic heterocycles. The Labute approximate surface area is 122 Å². The molecule has 1 aromatic carbocycles. The summed E-state index contributed by atoms with van der Waals surface area (Å²) in [5.41, 5.74) is 6.96. The molecule has 21 heavy (non-hydrogen) atoms. The van der Waals surface area contributed by atoms with Crippen LogP contribution in [0.5, 0.6) is 0 Å². The maximum absolute atomic E-state index is 12.2. The fraction of sp³-hybridized carbons (Fsp3) is 0.333. The highest BCUT2D eigenvalue weighted by molar-refractivity contribution is 5.98. The average Bonchev–Trinajstić information content (AvgIpc) is 3.12. The molecule has 2 heterocycles. The molecule has 3 rings (SSSR count). The number of nitrogens with two attached hydrogens (primary N) is 1. The zero-order valence-corrected chi connectivity index (χ0v) is 11.7. The van der Waals surface area contributed by atoms with E-state index in [-0.39, 0.29) is 12.5 Å². The molecular weight excluding hydrogens is 268 g/mol. The standard InChI is InChI=1S/C15H18N4O2/c16-15(4-7-21-10-15)14(20)18-13-3-1-2-12(8-13)9-19-6-5-17-11-19/h1-3,5-6,8,11H,4,7,9-10,16H2,(H,18,20). The largest absolute Gasteiger partial charge is 0.379 e. The lowest BCUT2D eigenvalue weighted by atomic mass is 9.99. The van der Waals surface area contributed by atoms with Crippen molar-refractivity contribution in [2.45, 2.75) is 18.5 Å². The molecule has 6 nitrogen and oxygen atoms in total. The summed E-state index contributed by atoms with van der Waals surface area (Å²) < 4.78 is 7.19. The second kappa shape index (κ2) is 5.67. The molecule has 110 valence electrons. The first-order valence-corrected chi connectivity index (χ1v) is 6.88. The molecule has 0 radical (unpaired) electrons. The van der Waals surface area contributed by atoms with Gasteiger partial charge < -0.3 is 20.4 Å². The molecule has 1 atom stereocenters. The van der Waals surface area contributed by atoms with E-state index in [1.165, 1.54) is 0 Å². The molecule has 1 amide bonds. The fourth-order valence-corrected chi connectivity index (χ4v) is 2.35. The second-order valence-corrected chi connectivity index (χ2v) is 5.35. The van der Waals surface area contributed by atoms with E-state index in [9.17, 15) is 4.79 Å². The Morgan fingerprint density at radius 2 is 2.43 bits per heavy atom. The summed E-state index contributed by atoms with van der Waals surface area (Å²) in [6.07, 6.45) is 5.95. The van der Waals surface area contributed by atoms with E-state index in [0.29, 0.717) is 19.6 Å². The van der Waals surface area contributed by atoms with Crippen molar-refractivity contribution in [3.63, 3.8) is 0 Å². The van der Waals surface area contributed by atoms with Crippen molar-refractivity contribution >= 4 is 11.6 Å². The third-order valence-corrected chi connectivity index (χ3v) is 3.61. The number of carbonyl (C=O) groups is 1. The van der Waals surface area contributed by atoms with Gasteiger partial charge in [-0.1, -0.05) is 12.1 Å². The summed E-state index contributed by atoms with van der Waals surface area (Å²) in [4.78, 5) is 16.2. The molecule has 2 aromatic rings. The van der Waals surface area contributed by atoms with Crippen LogP contribution < -0.4 is 11.1 Å². The van der Waals surface area contributed by atoms with Crippen LogP contribution in [0.4, 0.5) is 5.69 Å². The lowest BCUT2D eigenvalue weighted by Crippen LogP contribution is -2.51. The number of benzene rings is 1. The highest BCUT2D eigenvalue weighted by Crippen LogP contribution is 2.19. The number of nitrogens with one attached hydrogen (secondary N) is 1. The molecule has 0 aliphatic carbocycles. The lowest BCUT2D eigenvalue weighted by molar-refractivity contribution is -0.121. The number of amides is 1. The van der Waals surface area contributed by atoms with Crippen molar-refractivity contribution in [1.82, 2.24) is 9.55 Å². The number of hydrogen-bond donors (Lipinski definition) is 2. The van der Waals surface area contributed by atoms with Crippen LogP contribution in [0.15, 0.2) is 43.0 Å². The van der Waals surface area contributed by atoms with E-state index in [1.807, 2.05) is 35.0 Å². The van der Waals surface area contributed by atoms with E-state index in [1.54, 1.807) is 12.5 Å². The number of carbonyl (C=O) groups excluding carboxylic acids is 1. The topological polar surface area (TPSA) is 82.2 Å². The Morgan fingerprint density at radius 1 is 1.52 bits per heavy atom. The second-order valence-electron chi connectivity index (χ2n) is 5.35. The molecule has 0 spiro atoms. The molecule has 0 bridgehead atoms. The number of rotatable bonds is 4. The van der Waals surface area contributed by atoms with Gasteiger partial charge in [0.15, 0.2) is 0 Å². The zero-order valence-electron chi connectivity index (χ0n) is 11.7. The number of imidazole rings is 1. The maximum Gasteiger partial charge on any atom is 0.246 e. The Balaban J connectivity index is 1.69. The van der Waals surface area contributed by atoms with Gasteiger partial charge >= 0.3 is 0 Å². The van der Waals surface area contributed by atoms with Crippen LogP contribution in [0.25, 0.3) is 0 Å². The van der Waals surface area contributed by atoms with Crippen LogP contribution in [-0.2, 0) is 16.1 Å². The SMILES string of the molecule is NC1(C(=O)Nc2cccc(Cn3ccnc3)c2)CCOC1. The minimum absolute atomic E-state index is 0.195. The normalized spacial score (nSPS) is 21.4. The molecule has 0 saturated carbocycles. The van der Waals surface area contributed by atoms with E-state index in [0.717, 1.165) is 11.3 Å². The minimum Gasteiger partial charge on any atom is -0.379 e. The molecule has 1 saturated heterocycles. The Hall–Kier alpha value is -2.18. The first kappa shape index (κ1) is 13.8. The van der Waals surface area contributed by atoms with Crippen LogP contribution in [0, 0.1) is 0 Å². The smallest absolute Gasteiger partial charge is 0.246 e. The van der Waals surface area contributed by atoms with Gasteiger partial charge in [-0.15, -0.1) is 0 Å². The van der Waals surface area contributed by atoms with Gasteiger partial charge in [0.2, 0.25) is 5.91 Å². The van der Waals surface area contributed by atoms with Crippen molar-refractivity contribution in [1.29, 1.82) is 0 Å². The van der Waals surface area contributed by atoms with Crippen molar-refractivity contribution in [3.05, 3.63) is 48.5 Å². The van der Waals surface area contributed by atoms with Gasteiger partial charge in [-0.2, -0.15) is 0 Å². The predicted octanol–water partition coefficient (Wildman–Crippen LogP) is 0.988. The van der Waals surface area contributed by atoms with Gasteiger partial charge in [0, 0.05) is 31.2 Å². The van der Waals surface area contributed by atoms with Crippen LogP contribution in [0.2, 0.25) is 0 Å². The van der Waals surface area contributed by atoms with Crippen LogP contribution >= 0.6 is 0 Å². The van der Waals surface area contributed by atoms with Crippen molar-refractivity contribution < 1.29 is 9.53 Å². The summed E-state index contributed by atoms with van der Waals surface area (Å²) in [6.45, 7) is 1.51. The quantitative estimate of drug-likeness (QED) is 0.878. The third kappa shape index (κ3) is 3.12. The highest BCUT2D eigenvalue weighted by atomic mass is 16.5. The number of anilines is 1. The van der Waals surface area contributed by atoms with E-state index in [4.69, 9.17) is 10.5 Å². The maximum atomic E-state index is 12.2. The summed E-state index contributed by atoms with van der Waals surface area (Å²) in [7, 11) is 0. The van der Waals surface area contributed by atoms with Crippen molar-refractivity contribution in [3.8, 4) is 0 Å². The molecule has 1 aliphatic heterocycles. The Bertz CT molecular complexity index is 618. The van der Waals surface area contributed by atoms with E-state index in [2.05, 4.69) is 10.3 Å². The van der Waals surface area contributed by atoms with E-state index < -0.39 is 5.54 Å². The predicted molar refractivity (Wildman–Crippen MR) is 78.8 cm³/mol. The Morgan fingerprint density at radius 3 is 3.14 bits per heavy atom. The zero-order chi connectivity index (χ0) is 14.7. The third-order valence-electron chi connectivity index (χ3n) is 3.61. The lowest BCUT2D eigenvalue weighted by Gasteiger charge is -2.20. The summed E-state index contributed by atoms with van der Waals surface area (Å²) in [5.74, 6) is -0.195. The fourth-order valence-electron chi connectivity index (χ4n) is 2.35. The first-order chi connectivity index (χ1) is 10.2. The minimum atomic E-state index is -0.916. The first-order valence-electron chi connectivity index (χ1n) is 6.88. The highest BCUT2D eigenvalue weighted by Gasteiger charge is 2.38. The molecule has 3 N–H and O–H groups in total. The van der Waals surface area contributed by atoms with Crippen molar-refractivity contribution in [2.24, 2.45) is 5.73 Å². The van der Waals surface area contributed by atoms with Gasteiger partial charge in [-0.25, -0.2) is 4.98 Å². The van der Waals surface area contributed by atoms with Gasteiger partial charge in [0.05, 0.1) is 12.9 Å². The molecule has 1 fully saturated rings. The van der Waals surface area contributed by atoms with Crippen molar-refractivity contribution in [2.75, 3.05) is 18.5 Å². The van der Waals surface area contributed by atoms with Crippen LogP contribution in [-0.4, -0.2) is 34.2 Å². The number of aromatic nitrogens is 2. The van der Waals surface area contributed by atoms with Gasteiger partial charge in [0.1, 0.15) is 5.54 Å². The number of ether oxygens (including phenoxy) is 1. The van der Waals surface area contributed by atoms with Crippen LogP contribution in [0.1, 0.15) is 12.0 Å².